The maximum atomic E-state index is 9.56. The number of fused-ring (bicyclic) bond motifs is 3. The van der Waals surface area contributed by atoms with Crippen LogP contribution in [0.5, 0.6) is 5.75 Å². The van der Waals surface area contributed by atoms with Gasteiger partial charge in [0.15, 0.2) is 0 Å². The number of aryl methyl sites for hydroxylation is 1. The Balaban J connectivity index is 0.000000282. The van der Waals surface area contributed by atoms with E-state index in [-0.39, 0.29) is 0 Å². The molecule has 21 heavy (non-hydrogen) atoms. The van der Waals surface area contributed by atoms with Gasteiger partial charge in [-0.15, -0.1) is 0 Å². The van der Waals surface area contributed by atoms with Crippen molar-refractivity contribution in [3.63, 3.8) is 0 Å². The predicted octanol–water partition coefficient (Wildman–Crippen LogP) is 4.14. The third kappa shape index (κ3) is 3.19. The Morgan fingerprint density at radius 3 is 2.19 bits per heavy atom. The first-order valence-electron chi connectivity index (χ1n) is 7.63. The van der Waals surface area contributed by atoms with Crippen molar-refractivity contribution in [3.8, 4) is 5.75 Å². The molecule has 2 N–H and O–H groups in total. The van der Waals surface area contributed by atoms with Crippen LogP contribution in [0.3, 0.4) is 0 Å². The van der Waals surface area contributed by atoms with Crippen molar-refractivity contribution in [1.29, 1.82) is 0 Å². The molecule has 0 unspecified atom stereocenters. The molecule has 0 atom stereocenters. The summed E-state index contributed by atoms with van der Waals surface area (Å²) in [4.78, 5) is 0. The highest BCUT2D eigenvalue weighted by Crippen LogP contribution is 2.30. The Kier molecular flexibility index (Phi) is 5.23. The number of nitrogens with one attached hydrogen (secondary N) is 1. The van der Waals surface area contributed by atoms with E-state index < -0.39 is 0 Å². The van der Waals surface area contributed by atoms with Gasteiger partial charge in [0.2, 0.25) is 0 Å². The minimum Gasteiger partial charge on any atom is -0.508 e. The molecule has 0 bridgehead atoms. The first-order valence-corrected chi connectivity index (χ1v) is 7.63. The smallest absolute Gasteiger partial charge is 0.117 e. The van der Waals surface area contributed by atoms with Crippen molar-refractivity contribution in [2.24, 2.45) is 0 Å². The van der Waals surface area contributed by atoms with E-state index in [1.165, 1.54) is 16.3 Å². The Hall–Kier alpha value is -2.00. The number of phenols is 1. The quantitative estimate of drug-likeness (QED) is 0.758. The van der Waals surface area contributed by atoms with E-state index in [1.54, 1.807) is 6.07 Å². The standard InChI is InChI=1S/C14H13NO.C4H11N/c1-2-15-13-6-4-3-5-11(13)12-8-7-10(16)9-14(12)15;1-3-5-4-2/h3-9,16H,2H2,1H3;5H,3-4H2,1-2H3. The molecule has 2 aromatic carbocycles. The van der Waals surface area contributed by atoms with Crippen LogP contribution in [0.4, 0.5) is 0 Å². The van der Waals surface area contributed by atoms with E-state index >= 15 is 0 Å². The molecule has 1 heterocycles. The summed E-state index contributed by atoms with van der Waals surface area (Å²) in [6.07, 6.45) is 0. The van der Waals surface area contributed by atoms with E-state index in [0.29, 0.717) is 5.75 Å². The van der Waals surface area contributed by atoms with Crippen molar-refractivity contribution in [3.05, 3.63) is 42.5 Å². The highest BCUT2D eigenvalue weighted by molar-refractivity contribution is 6.08. The fourth-order valence-corrected chi connectivity index (χ4v) is 2.63. The first-order chi connectivity index (χ1) is 10.2. The van der Waals surface area contributed by atoms with E-state index in [0.717, 1.165) is 25.2 Å². The van der Waals surface area contributed by atoms with Crippen LogP contribution in [0.25, 0.3) is 21.8 Å². The Labute approximate surface area is 126 Å². The second kappa shape index (κ2) is 7.14. The van der Waals surface area contributed by atoms with Gasteiger partial charge in [0.05, 0.1) is 5.52 Å². The summed E-state index contributed by atoms with van der Waals surface area (Å²) in [5.74, 6) is 0.324. The van der Waals surface area contributed by atoms with Crippen molar-refractivity contribution in [2.75, 3.05) is 13.1 Å². The zero-order valence-corrected chi connectivity index (χ0v) is 13.1. The Morgan fingerprint density at radius 2 is 1.57 bits per heavy atom. The number of benzene rings is 2. The lowest BCUT2D eigenvalue weighted by atomic mass is 10.1. The van der Waals surface area contributed by atoms with Gasteiger partial charge in [-0.1, -0.05) is 32.0 Å². The molecule has 3 nitrogen and oxygen atoms in total. The fraction of sp³-hybridized carbons (Fsp3) is 0.333. The minimum absolute atomic E-state index is 0.324. The fourth-order valence-electron chi connectivity index (χ4n) is 2.63. The number of phenolic OH excluding ortho intramolecular Hbond substituents is 1. The molecule has 0 saturated carbocycles. The van der Waals surface area contributed by atoms with Crippen LogP contribution in [0.2, 0.25) is 0 Å². The van der Waals surface area contributed by atoms with Gasteiger partial charge in [-0.05, 0) is 38.2 Å². The molecule has 0 aliphatic carbocycles. The van der Waals surface area contributed by atoms with Crippen LogP contribution in [0.15, 0.2) is 42.5 Å². The van der Waals surface area contributed by atoms with Crippen molar-refractivity contribution in [1.82, 2.24) is 9.88 Å². The molecule has 112 valence electrons. The summed E-state index contributed by atoms with van der Waals surface area (Å²) in [5.41, 5.74) is 2.33. The second-order valence-corrected chi connectivity index (χ2v) is 4.92. The van der Waals surface area contributed by atoms with Crippen LogP contribution >= 0.6 is 0 Å². The number of rotatable bonds is 3. The molecule has 0 spiro atoms. The van der Waals surface area contributed by atoms with Crippen molar-refractivity contribution < 1.29 is 5.11 Å². The van der Waals surface area contributed by atoms with Crippen LogP contribution in [-0.2, 0) is 6.54 Å². The normalized spacial score (nSPS) is 10.6. The molecule has 3 heteroatoms. The zero-order valence-electron chi connectivity index (χ0n) is 13.1. The average Bonchev–Trinajstić information content (AvgIpc) is 2.81. The molecule has 0 amide bonds. The van der Waals surface area contributed by atoms with Gasteiger partial charge in [-0.3, -0.25) is 0 Å². The SMILES string of the molecule is CCNCC.CCn1c2ccccc2c2ccc(O)cc21. The molecule has 1 aromatic heterocycles. The lowest BCUT2D eigenvalue weighted by molar-refractivity contribution is 0.476. The van der Waals surface area contributed by atoms with E-state index in [2.05, 4.69) is 48.9 Å². The maximum absolute atomic E-state index is 9.56. The van der Waals surface area contributed by atoms with Crippen LogP contribution in [0.1, 0.15) is 20.8 Å². The predicted molar refractivity (Wildman–Crippen MR) is 91.0 cm³/mol. The molecular weight excluding hydrogens is 260 g/mol. The highest BCUT2D eigenvalue weighted by Gasteiger charge is 2.08. The number of para-hydroxylation sites is 1. The second-order valence-electron chi connectivity index (χ2n) is 4.92. The molecule has 0 aliphatic heterocycles. The van der Waals surface area contributed by atoms with Crippen LogP contribution in [0, 0.1) is 0 Å². The lowest BCUT2D eigenvalue weighted by Gasteiger charge is -2.02. The third-order valence-electron chi connectivity index (χ3n) is 3.57. The van der Waals surface area contributed by atoms with Gasteiger partial charge < -0.3 is 15.0 Å². The summed E-state index contributed by atoms with van der Waals surface area (Å²) in [7, 11) is 0. The summed E-state index contributed by atoms with van der Waals surface area (Å²) >= 11 is 0. The zero-order chi connectivity index (χ0) is 15.2. The van der Waals surface area contributed by atoms with Gasteiger partial charge in [0, 0.05) is 28.9 Å². The molecule has 3 rings (SSSR count). The monoisotopic (exact) mass is 284 g/mol. The number of nitrogens with zero attached hydrogens (tertiary/aromatic N) is 1. The van der Waals surface area contributed by atoms with Crippen molar-refractivity contribution >= 4 is 21.8 Å². The minimum atomic E-state index is 0.324. The van der Waals surface area contributed by atoms with Gasteiger partial charge >= 0.3 is 0 Å². The van der Waals surface area contributed by atoms with Crippen molar-refractivity contribution in [2.45, 2.75) is 27.3 Å². The van der Waals surface area contributed by atoms with E-state index in [1.807, 2.05) is 18.2 Å². The van der Waals surface area contributed by atoms with E-state index in [9.17, 15) is 5.11 Å². The van der Waals surface area contributed by atoms with E-state index in [4.69, 9.17) is 0 Å². The number of aromatic hydroxyl groups is 1. The topological polar surface area (TPSA) is 37.2 Å². The molecular formula is C18H24N2O. The van der Waals surface area contributed by atoms with Crippen LogP contribution < -0.4 is 5.32 Å². The highest BCUT2D eigenvalue weighted by atomic mass is 16.3. The summed E-state index contributed by atoms with van der Waals surface area (Å²) in [5, 5.41) is 15.1. The number of aromatic nitrogens is 1. The lowest BCUT2D eigenvalue weighted by Crippen LogP contribution is -2.09. The average molecular weight is 284 g/mol. The molecule has 0 radical (unpaired) electrons. The van der Waals surface area contributed by atoms with Gasteiger partial charge in [-0.2, -0.15) is 0 Å². The van der Waals surface area contributed by atoms with Gasteiger partial charge in [-0.25, -0.2) is 0 Å². The maximum Gasteiger partial charge on any atom is 0.117 e. The first kappa shape index (κ1) is 15.4. The molecule has 0 saturated heterocycles. The molecule has 3 aromatic rings. The largest absolute Gasteiger partial charge is 0.508 e. The molecule has 0 aliphatic rings. The summed E-state index contributed by atoms with van der Waals surface area (Å²) < 4.78 is 2.23. The summed E-state index contributed by atoms with van der Waals surface area (Å²) in [6, 6.07) is 13.9. The summed E-state index contributed by atoms with van der Waals surface area (Å²) in [6.45, 7) is 9.42. The van der Waals surface area contributed by atoms with Gasteiger partial charge in [0.25, 0.3) is 0 Å². The third-order valence-corrected chi connectivity index (χ3v) is 3.57. The Bertz CT molecular complexity index is 714. The molecule has 0 fully saturated rings. The van der Waals surface area contributed by atoms with Crippen LogP contribution in [-0.4, -0.2) is 22.8 Å². The number of hydrogen-bond donors (Lipinski definition) is 2. The van der Waals surface area contributed by atoms with Gasteiger partial charge in [0.1, 0.15) is 5.75 Å². The number of hydrogen-bond acceptors (Lipinski definition) is 2. The Morgan fingerprint density at radius 1 is 0.905 bits per heavy atom.